The molecule has 2 heteroatoms. The molecule has 0 aromatic heterocycles. The fraction of sp³-hybridized carbons (Fsp3) is 0. The number of hydrogen-bond acceptors (Lipinski definition) is 0. The summed E-state index contributed by atoms with van der Waals surface area (Å²) in [5, 5.41) is 10.1. The van der Waals surface area contributed by atoms with Gasteiger partial charge >= 0.3 is 0 Å². The molecule has 0 amide bonds. The molecular formula is C28H16Br2. The van der Waals surface area contributed by atoms with Gasteiger partial charge in [0.1, 0.15) is 0 Å². The highest BCUT2D eigenvalue weighted by atomic mass is 79.9. The second-order valence-electron chi connectivity index (χ2n) is 7.81. The summed E-state index contributed by atoms with van der Waals surface area (Å²) in [6.45, 7) is 0. The minimum absolute atomic E-state index is 1.11. The van der Waals surface area contributed by atoms with E-state index >= 15 is 0 Å². The van der Waals surface area contributed by atoms with Gasteiger partial charge in [-0.1, -0.05) is 68.3 Å². The average molecular weight is 512 g/mol. The molecule has 0 saturated heterocycles. The molecule has 0 saturated carbocycles. The smallest absolute Gasteiger partial charge is 0.0181 e. The van der Waals surface area contributed by atoms with Gasteiger partial charge in [-0.2, -0.15) is 0 Å². The Balaban J connectivity index is 1.51. The van der Waals surface area contributed by atoms with E-state index in [-0.39, 0.29) is 0 Å². The zero-order chi connectivity index (χ0) is 20.2. The van der Waals surface area contributed by atoms with Gasteiger partial charge in [-0.05, 0) is 115 Å². The van der Waals surface area contributed by atoms with Crippen LogP contribution in [0.25, 0.3) is 54.2 Å². The fourth-order valence-corrected chi connectivity index (χ4v) is 5.05. The van der Waals surface area contributed by atoms with Crippen LogP contribution >= 0.6 is 31.9 Å². The largest absolute Gasteiger partial charge is 0.0537 e. The quantitative estimate of drug-likeness (QED) is 0.193. The van der Waals surface area contributed by atoms with Gasteiger partial charge in [0.2, 0.25) is 0 Å². The topological polar surface area (TPSA) is 0 Å². The van der Waals surface area contributed by atoms with Crippen molar-refractivity contribution in [3.63, 3.8) is 0 Å². The molecular weight excluding hydrogens is 496 g/mol. The Bertz CT molecular complexity index is 1490. The van der Waals surface area contributed by atoms with Gasteiger partial charge in [0.25, 0.3) is 0 Å². The zero-order valence-corrected chi connectivity index (χ0v) is 19.2. The SMILES string of the molecule is Brc1ccc2cc3cc(-c4ccc5cc6cc(Br)ccc6cc5c4)ccc3cc2c1. The molecule has 0 N–H and O–H groups in total. The van der Waals surface area contributed by atoms with Gasteiger partial charge in [-0.25, -0.2) is 0 Å². The fourth-order valence-electron chi connectivity index (χ4n) is 4.30. The van der Waals surface area contributed by atoms with Crippen molar-refractivity contribution in [3.05, 3.63) is 106 Å². The first kappa shape index (κ1) is 18.1. The van der Waals surface area contributed by atoms with E-state index in [0.29, 0.717) is 0 Å². The van der Waals surface area contributed by atoms with Crippen LogP contribution in [0.1, 0.15) is 0 Å². The Morgan fingerprint density at radius 3 is 1.03 bits per heavy atom. The standard InChI is InChI=1S/C28H16Br2/c29-27-7-5-21-11-23-9-17(1-3-19(23)13-25(21)15-27)18-2-4-20-14-26-16-28(30)8-6-22(26)12-24(20)10-18/h1-16H. The molecule has 6 rings (SSSR count). The van der Waals surface area contributed by atoms with Gasteiger partial charge < -0.3 is 0 Å². The third kappa shape index (κ3) is 3.12. The van der Waals surface area contributed by atoms with E-state index in [1.807, 2.05) is 0 Å². The van der Waals surface area contributed by atoms with Crippen molar-refractivity contribution in [2.75, 3.05) is 0 Å². The van der Waals surface area contributed by atoms with Crippen LogP contribution in [0, 0.1) is 0 Å². The predicted octanol–water partition coefficient (Wildman–Crippen LogP) is 9.49. The van der Waals surface area contributed by atoms with E-state index in [2.05, 4.69) is 129 Å². The molecule has 30 heavy (non-hydrogen) atoms. The number of fused-ring (bicyclic) bond motifs is 4. The third-order valence-corrected chi connectivity index (χ3v) is 6.84. The first-order chi connectivity index (χ1) is 14.6. The van der Waals surface area contributed by atoms with Crippen molar-refractivity contribution in [2.45, 2.75) is 0 Å². The van der Waals surface area contributed by atoms with Crippen LogP contribution in [-0.4, -0.2) is 0 Å². The summed E-state index contributed by atoms with van der Waals surface area (Å²) in [7, 11) is 0. The molecule has 0 heterocycles. The number of halogens is 2. The molecule has 0 bridgehead atoms. The van der Waals surface area contributed by atoms with Crippen molar-refractivity contribution in [2.24, 2.45) is 0 Å². The maximum Gasteiger partial charge on any atom is 0.0181 e. The maximum atomic E-state index is 3.57. The molecule has 0 atom stereocenters. The molecule has 0 radical (unpaired) electrons. The summed E-state index contributed by atoms with van der Waals surface area (Å²) < 4.78 is 2.23. The highest BCUT2D eigenvalue weighted by Gasteiger charge is 2.05. The van der Waals surface area contributed by atoms with Crippen LogP contribution in [0.15, 0.2) is 106 Å². The average Bonchev–Trinajstić information content (AvgIpc) is 2.75. The van der Waals surface area contributed by atoms with Crippen molar-refractivity contribution >= 4 is 74.9 Å². The van der Waals surface area contributed by atoms with Gasteiger partial charge in [-0.15, -0.1) is 0 Å². The maximum absolute atomic E-state index is 3.57. The lowest BCUT2D eigenvalue weighted by Crippen LogP contribution is -1.83. The molecule has 0 aliphatic heterocycles. The number of hydrogen-bond donors (Lipinski definition) is 0. The Hall–Kier alpha value is -2.68. The van der Waals surface area contributed by atoms with Crippen LogP contribution in [-0.2, 0) is 0 Å². The summed E-state index contributed by atoms with van der Waals surface area (Å²) in [4.78, 5) is 0. The molecule has 0 nitrogen and oxygen atoms in total. The lowest BCUT2D eigenvalue weighted by molar-refractivity contribution is 1.68. The molecule has 0 aliphatic carbocycles. The van der Waals surface area contributed by atoms with Crippen molar-refractivity contribution in [1.82, 2.24) is 0 Å². The van der Waals surface area contributed by atoms with E-state index in [4.69, 9.17) is 0 Å². The van der Waals surface area contributed by atoms with E-state index in [1.165, 1.54) is 54.2 Å². The van der Waals surface area contributed by atoms with Crippen LogP contribution in [0.2, 0.25) is 0 Å². The van der Waals surface area contributed by atoms with Crippen molar-refractivity contribution in [3.8, 4) is 11.1 Å². The van der Waals surface area contributed by atoms with Crippen molar-refractivity contribution < 1.29 is 0 Å². The molecule has 0 unspecified atom stereocenters. The van der Waals surface area contributed by atoms with Gasteiger partial charge in [-0.3, -0.25) is 0 Å². The van der Waals surface area contributed by atoms with Gasteiger partial charge in [0.15, 0.2) is 0 Å². The number of benzene rings is 6. The number of rotatable bonds is 1. The van der Waals surface area contributed by atoms with Crippen LogP contribution in [0.4, 0.5) is 0 Å². The lowest BCUT2D eigenvalue weighted by Gasteiger charge is -2.09. The second kappa shape index (κ2) is 6.94. The van der Waals surface area contributed by atoms with Gasteiger partial charge in [0, 0.05) is 8.95 Å². The first-order valence-electron chi connectivity index (χ1n) is 9.89. The highest BCUT2D eigenvalue weighted by molar-refractivity contribution is 9.10. The van der Waals surface area contributed by atoms with E-state index in [9.17, 15) is 0 Å². The van der Waals surface area contributed by atoms with Crippen LogP contribution in [0.5, 0.6) is 0 Å². The molecule has 0 fully saturated rings. The van der Waals surface area contributed by atoms with E-state index < -0.39 is 0 Å². The third-order valence-electron chi connectivity index (χ3n) is 5.85. The second-order valence-corrected chi connectivity index (χ2v) is 9.64. The normalized spacial score (nSPS) is 11.7. The Morgan fingerprint density at radius 1 is 0.300 bits per heavy atom. The molecule has 6 aromatic rings. The predicted molar refractivity (Wildman–Crippen MR) is 137 cm³/mol. The zero-order valence-electron chi connectivity index (χ0n) is 16.0. The Morgan fingerprint density at radius 2 is 0.633 bits per heavy atom. The summed E-state index contributed by atoms with van der Waals surface area (Å²) in [6.07, 6.45) is 0. The molecule has 142 valence electrons. The summed E-state index contributed by atoms with van der Waals surface area (Å²) in [5.74, 6) is 0. The minimum atomic E-state index is 1.11. The first-order valence-corrected chi connectivity index (χ1v) is 11.5. The minimum Gasteiger partial charge on any atom is -0.0537 e. The summed E-state index contributed by atoms with van der Waals surface area (Å²) >= 11 is 7.15. The lowest BCUT2D eigenvalue weighted by atomic mass is 9.96. The van der Waals surface area contributed by atoms with Crippen LogP contribution < -0.4 is 0 Å². The van der Waals surface area contributed by atoms with E-state index in [0.717, 1.165) is 8.95 Å². The van der Waals surface area contributed by atoms with Crippen LogP contribution in [0.3, 0.4) is 0 Å². The molecule has 0 aliphatic rings. The van der Waals surface area contributed by atoms with Crippen molar-refractivity contribution in [1.29, 1.82) is 0 Å². The monoisotopic (exact) mass is 510 g/mol. The molecule has 6 aromatic carbocycles. The Kier molecular flexibility index (Phi) is 4.19. The summed E-state index contributed by atoms with van der Waals surface area (Å²) in [5.41, 5.74) is 2.49. The van der Waals surface area contributed by atoms with Gasteiger partial charge in [0.05, 0.1) is 0 Å². The van der Waals surface area contributed by atoms with E-state index in [1.54, 1.807) is 0 Å². The highest BCUT2D eigenvalue weighted by Crippen LogP contribution is 2.32. The summed E-state index contributed by atoms with van der Waals surface area (Å²) in [6, 6.07) is 35.5. The Labute approximate surface area is 191 Å². The molecule has 0 spiro atoms.